The first-order valence-corrected chi connectivity index (χ1v) is 26.2. The summed E-state index contributed by atoms with van der Waals surface area (Å²) in [5.74, 6) is -0.0755. The first-order chi connectivity index (χ1) is 33.5. The second-order valence-electron chi connectivity index (χ2n) is 20.7. The standard InChI is InChI=1S/C52H63FN10O6S/c1-33(2)39-9-6-7-10-40(39)42-11-8-20-62(42)37-28-51(29-37)15-21-61(22-16-51)36-12-13-41(44(26-36)69-38-25-35-14-19-54-49(35)55-30-38)50(64)58-70(67,68)45-27-43(63(65)66)46(48-47(45)57-32-59(48)5)56-31-52(53)17-23-60(24-18-52)34(3)4/h6-7,9-10,12-14,19,25-27,30,32-34,37,42,56H,8,11,15-18,20-24,28-29,31H2,1-5H3,(H,54,55)(H,58,64)/t42-/m0/s1. The van der Waals surface area contributed by atoms with Crippen LogP contribution in [0, 0.1) is 15.5 Å². The summed E-state index contributed by atoms with van der Waals surface area (Å²) in [6.45, 7) is 12.3. The lowest BCUT2D eigenvalue weighted by Gasteiger charge is -2.56. The number of piperidine rings is 2. The zero-order chi connectivity index (χ0) is 49.1. The molecule has 10 rings (SSSR count). The number of likely N-dealkylation sites (tertiary alicyclic amines) is 2. The van der Waals surface area contributed by atoms with E-state index < -0.39 is 37.1 Å². The smallest absolute Gasteiger partial charge is 0.296 e. The number of aromatic amines is 1. The molecule has 3 aromatic heterocycles. The molecule has 18 heteroatoms. The van der Waals surface area contributed by atoms with Gasteiger partial charge in [0.1, 0.15) is 38.9 Å². The molecular weight excluding hydrogens is 912 g/mol. The number of aromatic nitrogens is 4. The van der Waals surface area contributed by atoms with Crippen LogP contribution in [0.4, 0.5) is 21.5 Å². The fourth-order valence-corrected chi connectivity index (χ4v) is 12.9. The van der Waals surface area contributed by atoms with E-state index in [-0.39, 0.29) is 58.9 Å². The molecule has 3 aromatic carbocycles. The average Bonchev–Trinajstić information content (AvgIpc) is 4.10. The predicted octanol–water partition coefficient (Wildman–Crippen LogP) is 9.60. The van der Waals surface area contributed by atoms with E-state index in [4.69, 9.17) is 4.74 Å². The van der Waals surface area contributed by atoms with Crippen LogP contribution in [0.5, 0.6) is 11.5 Å². The molecule has 1 atom stereocenters. The van der Waals surface area contributed by atoms with Crippen molar-refractivity contribution >= 4 is 55.1 Å². The summed E-state index contributed by atoms with van der Waals surface area (Å²) in [6.07, 6.45) is 11.9. The SMILES string of the molecule is CC(C)c1ccccc1[C@@H]1CCCN1C1CC2(CCN(c3ccc(C(=O)NS(=O)(=O)c4cc([N+](=O)[O-])c(NCC5(F)CCN(C(C)C)CC5)c5c4ncn5C)c(Oc4cnc5[nH]ccc5c4)c3)CC2)C1. The first-order valence-electron chi connectivity index (χ1n) is 24.7. The number of fused-ring (bicyclic) bond motifs is 2. The third-order valence-electron chi connectivity index (χ3n) is 15.7. The summed E-state index contributed by atoms with van der Waals surface area (Å²) in [5.41, 5.74) is 2.30. The number of aryl methyl sites for hydroxylation is 1. The van der Waals surface area contributed by atoms with Crippen molar-refractivity contribution in [1.29, 1.82) is 0 Å². The van der Waals surface area contributed by atoms with Crippen molar-refractivity contribution in [3.05, 3.63) is 106 Å². The number of carbonyl (C=O) groups is 1. The number of carbonyl (C=O) groups excluding carboxylic acids is 1. The summed E-state index contributed by atoms with van der Waals surface area (Å²) < 4.78 is 54.8. The second kappa shape index (κ2) is 18.6. The summed E-state index contributed by atoms with van der Waals surface area (Å²) in [7, 11) is -3.25. The van der Waals surface area contributed by atoms with Gasteiger partial charge in [-0.25, -0.2) is 27.5 Å². The van der Waals surface area contributed by atoms with Crippen LogP contribution in [0.3, 0.4) is 0 Å². The third-order valence-corrected chi connectivity index (χ3v) is 17.1. The lowest BCUT2D eigenvalue weighted by molar-refractivity contribution is -0.384. The van der Waals surface area contributed by atoms with Gasteiger partial charge in [-0.3, -0.25) is 19.8 Å². The van der Waals surface area contributed by atoms with E-state index in [1.807, 2.05) is 6.07 Å². The van der Waals surface area contributed by atoms with Crippen LogP contribution < -0.4 is 19.7 Å². The third kappa shape index (κ3) is 9.09. The van der Waals surface area contributed by atoms with E-state index in [0.717, 1.165) is 49.6 Å². The van der Waals surface area contributed by atoms with Crippen LogP contribution >= 0.6 is 0 Å². The first kappa shape index (κ1) is 47.6. The summed E-state index contributed by atoms with van der Waals surface area (Å²) >= 11 is 0. The Morgan fingerprint density at radius 1 is 0.986 bits per heavy atom. The number of nitro benzene ring substituents is 1. The number of nitro groups is 1. The maximum atomic E-state index is 16.1. The van der Waals surface area contributed by atoms with Crippen molar-refractivity contribution in [2.75, 3.05) is 49.5 Å². The van der Waals surface area contributed by atoms with Gasteiger partial charge in [0.05, 0.1) is 28.5 Å². The van der Waals surface area contributed by atoms with Crippen molar-refractivity contribution in [3.63, 3.8) is 0 Å². The maximum Gasteiger partial charge on any atom is 0.296 e. The highest BCUT2D eigenvalue weighted by molar-refractivity contribution is 7.90. The van der Waals surface area contributed by atoms with Gasteiger partial charge in [0.2, 0.25) is 0 Å². The molecule has 3 aliphatic heterocycles. The van der Waals surface area contributed by atoms with Crippen LogP contribution in [-0.2, 0) is 17.1 Å². The minimum Gasteiger partial charge on any atom is -0.455 e. The molecule has 3 saturated heterocycles. The lowest BCUT2D eigenvalue weighted by atomic mass is 9.59. The molecule has 1 aliphatic carbocycles. The van der Waals surface area contributed by atoms with Crippen molar-refractivity contribution in [1.82, 2.24) is 34.0 Å². The highest BCUT2D eigenvalue weighted by Gasteiger charge is 2.50. The number of pyridine rings is 1. The number of alkyl halides is 1. The molecule has 1 saturated carbocycles. The topological polar surface area (TPSA) is 184 Å². The molecular formula is C52H63FN10O6S. The van der Waals surface area contributed by atoms with Gasteiger partial charge in [-0.1, -0.05) is 38.1 Å². The van der Waals surface area contributed by atoms with Crippen molar-refractivity contribution in [2.45, 2.75) is 114 Å². The van der Waals surface area contributed by atoms with Gasteiger partial charge < -0.3 is 29.4 Å². The minimum atomic E-state index is -4.82. The summed E-state index contributed by atoms with van der Waals surface area (Å²) in [6, 6.07) is 19.9. The number of hydrogen-bond donors (Lipinski definition) is 3. The molecule has 1 amide bonds. The van der Waals surface area contributed by atoms with E-state index in [0.29, 0.717) is 42.5 Å². The number of halogens is 1. The summed E-state index contributed by atoms with van der Waals surface area (Å²) in [5, 5.41) is 16.4. The number of nitrogens with one attached hydrogen (secondary N) is 3. The zero-order valence-electron chi connectivity index (χ0n) is 40.6. The number of nitrogens with zero attached hydrogens (tertiary/aromatic N) is 7. The number of hydrogen-bond acceptors (Lipinski definition) is 12. The van der Waals surface area contributed by atoms with Crippen molar-refractivity contribution < 1.29 is 27.3 Å². The Kier molecular flexibility index (Phi) is 12.6. The zero-order valence-corrected chi connectivity index (χ0v) is 41.4. The predicted molar refractivity (Wildman–Crippen MR) is 269 cm³/mol. The molecule has 4 aliphatic rings. The Morgan fingerprint density at radius 3 is 2.47 bits per heavy atom. The molecule has 3 N–H and O–H groups in total. The molecule has 370 valence electrons. The Labute approximate surface area is 408 Å². The highest BCUT2D eigenvalue weighted by atomic mass is 32.2. The van der Waals surface area contributed by atoms with Crippen LogP contribution in [0.2, 0.25) is 0 Å². The van der Waals surface area contributed by atoms with Crippen LogP contribution in [0.25, 0.3) is 22.1 Å². The van der Waals surface area contributed by atoms with Crippen LogP contribution in [0.1, 0.15) is 113 Å². The van der Waals surface area contributed by atoms with Gasteiger partial charge >= 0.3 is 0 Å². The number of imidazole rings is 1. The van der Waals surface area contributed by atoms with Gasteiger partial charge in [-0.05, 0) is 118 Å². The molecule has 6 aromatic rings. The fraction of sp³-hybridized carbons (Fsp3) is 0.481. The maximum absolute atomic E-state index is 16.1. The second-order valence-corrected chi connectivity index (χ2v) is 22.4. The summed E-state index contributed by atoms with van der Waals surface area (Å²) in [4.78, 5) is 44.8. The van der Waals surface area contributed by atoms with Crippen molar-refractivity contribution in [3.8, 4) is 11.5 Å². The van der Waals surface area contributed by atoms with E-state index >= 15 is 4.39 Å². The van der Waals surface area contributed by atoms with E-state index in [1.54, 1.807) is 37.5 Å². The van der Waals surface area contributed by atoms with Crippen molar-refractivity contribution in [2.24, 2.45) is 12.5 Å². The lowest BCUT2D eigenvalue weighted by Crippen LogP contribution is -2.54. The van der Waals surface area contributed by atoms with E-state index in [1.165, 1.54) is 53.9 Å². The average molecular weight is 975 g/mol. The number of amides is 1. The van der Waals surface area contributed by atoms with E-state index in [2.05, 4.69) is 91.7 Å². The molecule has 70 heavy (non-hydrogen) atoms. The van der Waals surface area contributed by atoms with Gasteiger partial charge in [0.15, 0.2) is 0 Å². The molecule has 1 spiro atoms. The van der Waals surface area contributed by atoms with Crippen LogP contribution in [0.15, 0.2) is 84.3 Å². The monoisotopic (exact) mass is 974 g/mol. The number of sulfonamides is 1. The Hall–Kier alpha value is -6.11. The number of H-pyrrole nitrogens is 1. The van der Waals surface area contributed by atoms with Gasteiger partial charge in [-0.2, -0.15) is 0 Å². The molecule has 0 unspecified atom stereocenters. The number of anilines is 2. The molecule has 6 heterocycles. The van der Waals surface area contributed by atoms with Crippen LogP contribution in [-0.4, -0.2) is 106 Å². The molecule has 4 fully saturated rings. The quantitative estimate of drug-likeness (QED) is 0.0695. The number of ether oxygens (including phenoxy) is 1. The molecule has 0 bridgehead atoms. The van der Waals surface area contributed by atoms with Gasteiger partial charge in [-0.15, -0.1) is 0 Å². The minimum absolute atomic E-state index is 0.0582. The number of rotatable bonds is 14. The fourth-order valence-electron chi connectivity index (χ4n) is 11.7. The largest absolute Gasteiger partial charge is 0.455 e. The Bertz CT molecular complexity index is 3060. The van der Waals surface area contributed by atoms with Gasteiger partial charge in [0, 0.05) is 87.3 Å². The Balaban J connectivity index is 0.880. The normalized spacial score (nSPS) is 19.9. The van der Waals surface area contributed by atoms with E-state index in [9.17, 15) is 23.3 Å². The van der Waals surface area contributed by atoms with Gasteiger partial charge in [0.25, 0.3) is 21.6 Å². The Morgan fingerprint density at radius 2 is 1.74 bits per heavy atom. The highest BCUT2D eigenvalue weighted by Crippen LogP contribution is 2.54. The molecule has 16 nitrogen and oxygen atoms in total. The molecule has 0 radical (unpaired) electrons. The number of benzene rings is 3.